The molecule has 1 unspecified atom stereocenters. The maximum Gasteiger partial charge on any atom is 0.273 e. The fraction of sp³-hybridized carbons (Fsp3) is 0.474. The molecule has 1 aromatic heterocycles. The fourth-order valence-corrected chi connectivity index (χ4v) is 2.37. The van der Waals surface area contributed by atoms with Gasteiger partial charge in [-0.1, -0.05) is 32.0 Å². The molecular formula is C19H24N2O3. The molecule has 1 aromatic carbocycles. The molecule has 0 radical (unpaired) electrons. The number of aromatic nitrogens is 1. The van der Waals surface area contributed by atoms with Crippen LogP contribution in [0.3, 0.4) is 0 Å². The molecule has 128 valence electrons. The molecule has 0 saturated heterocycles. The summed E-state index contributed by atoms with van der Waals surface area (Å²) in [7, 11) is 0. The zero-order valence-corrected chi connectivity index (χ0v) is 14.4. The molecular weight excluding hydrogens is 304 g/mol. The molecule has 0 aliphatic heterocycles. The van der Waals surface area contributed by atoms with Crippen LogP contribution in [0.4, 0.5) is 0 Å². The molecule has 1 fully saturated rings. The minimum Gasteiger partial charge on any atom is -0.440 e. The number of benzene rings is 1. The van der Waals surface area contributed by atoms with Gasteiger partial charge in [0.2, 0.25) is 5.89 Å². The predicted octanol–water partition coefficient (Wildman–Crippen LogP) is 3.36. The van der Waals surface area contributed by atoms with Gasteiger partial charge in [0.05, 0.1) is 5.60 Å². The summed E-state index contributed by atoms with van der Waals surface area (Å²) in [5.74, 6) is 1.16. The minimum absolute atomic E-state index is 0.0397. The molecule has 5 heteroatoms. The second-order valence-corrected chi connectivity index (χ2v) is 7.07. The van der Waals surface area contributed by atoms with E-state index >= 15 is 0 Å². The van der Waals surface area contributed by atoms with Crippen molar-refractivity contribution in [2.45, 2.75) is 45.1 Å². The summed E-state index contributed by atoms with van der Waals surface area (Å²) in [6, 6.07) is 9.57. The first-order valence-corrected chi connectivity index (χ1v) is 8.45. The van der Waals surface area contributed by atoms with Gasteiger partial charge in [0.15, 0.2) is 5.69 Å². The van der Waals surface area contributed by atoms with E-state index in [9.17, 15) is 9.90 Å². The Morgan fingerprint density at radius 1 is 1.38 bits per heavy atom. The van der Waals surface area contributed by atoms with Crippen LogP contribution in [0, 0.1) is 5.92 Å². The number of nitrogens with zero attached hydrogens (tertiary/aromatic N) is 1. The Hall–Kier alpha value is -2.14. The molecule has 1 aliphatic carbocycles. The zero-order valence-electron chi connectivity index (χ0n) is 14.4. The Kier molecular flexibility index (Phi) is 4.45. The van der Waals surface area contributed by atoms with Crippen LogP contribution in [-0.2, 0) is 0 Å². The Labute approximate surface area is 142 Å². The van der Waals surface area contributed by atoms with Gasteiger partial charge in [-0.25, -0.2) is 4.98 Å². The van der Waals surface area contributed by atoms with Gasteiger partial charge in [-0.15, -0.1) is 0 Å². The molecule has 0 spiro atoms. The zero-order chi connectivity index (χ0) is 17.3. The molecule has 1 saturated carbocycles. The number of oxazole rings is 1. The Balaban J connectivity index is 1.82. The van der Waals surface area contributed by atoms with Crippen LogP contribution < -0.4 is 5.32 Å². The fourth-order valence-electron chi connectivity index (χ4n) is 2.37. The van der Waals surface area contributed by atoms with Crippen LogP contribution in [0.25, 0.3) is 11.5 Å². The Morgan fingerprint density at radius 2 is 2.04 bits per heavy atom. The highest BCUT2D eigenvalue weighted by Crippen LogP contribution is 2.43. The minimum atomic E-state index is -0.957. The monoisotopic (exact) mass is 328 g/mol. The molecule has 0 bridgehead atoms. The lowest BCUT2D eigenvalue weighted by Gasteiger charge is -2.27. The average Bonchev–Trinajstić information content (AvgIpc) is 3.32. The van der Waals surface area contributed by atoms with E-state index in [4.69, 9.17) is 4.42 Å². The topological polar surface area (TPSA) is 75.4 Å². The van der Waals surface area contributed by atoms with Crippen molar-refractivity contribution in [3.8, 4) is 11.5 Å². The predicted molar refractivity (Wildman–Crippen MR) is 91.7 cm³/mol. The van der Waals surface area contributed by atoms with Crippen molar-refractivity contribution in [1.29, 1.82) is 0 Å². The lowest BCUT2D eigenvalue weighted by atomic mass is 9.92. The highest BCUT2D eigenvalue weighted by atomic mass is 16.4. The molecule has 5 nitrogen and oxygen atoms in total. The van der Waals surface area contributed by atoms with Crippen molar-refractivity contribution in [1.82, 2.24) is 10.3 Å². The molecule has 1 atom stereocenters. The van der Waals surface area contributed by atoms with Crippen LogP contribution in [-0.4, -0.2) is 28.1 Å². The molecule has 1 heterocycles. The van der Waals surface area contributed by atoms with Crippen LogP contribution in [0.1, 0.15) is 55.8 Å². The highest BCUT2D eigenvalue weighted by molar-refractivity contribution is 5.94. The van der Waals surface area contributed by atoms with Crippen molar-refractivity contribution in [2.24, 2.45) is 5.92 Å². The third kappa shape index (κ3) is 3.51. The summed E-state index contributed by atoms with van der Waals surface area (Å²) in [5, 5.41) is 13.1. The quantitative estimate of drug-likeness (QED) is 0.852. The van der Waals surface area contributed by atoms with Crippen molar-refractivity contribution in [3.05, 3.63) is 41.8 Å². The third-order valence-electron chi connectivity index (χ3n) is 4.69. The smallest absolute Gasteiger partial charge is 0.273 e. The van der Waals surface area contributed by atoms with E-state index in [1.165, 1.54) is 0 Å². The number of hydrogen-bond acceptors (Lipinski definition) is 4. The van der Waals surface area contributed by atoms with E-state index in [2.05, 4.69) is 10.3 Å². The van der Waals surface area contributed by atoms with Gasteiger partial charge in [-0.05, 0) is 37.8 Å². The molecule has 1 amide bonds. The van der Waals surface area contributed by atoms with E-state index in [1.807, 2.05) is 44.2 Å². The maximum absolute atomic E-state index is 12.6. The molecule has 3 rings (SSSR count). The van der Waals surface area contributed by atoms with Crippen LogP contribution in [0.5, 0.6) is 0 Å². The molecule has 2 aromatic rings. The number of carbonyl (C=O) groups is 1. The SMILES string of the molecule is CC(C)C(C)(O)CNC(=O)c1nc(-c2ccccc2)oc1C1CC1. The normalized spacial score (nSPS) is 16.9. The second kappa shape index (κ2) is 6.40. The van der Waals surface area contributed by atoms with Crippen molar-refractivity contribution < 1.29 is 14.3 Å². The van der Waals surface area contributed by atoms with Crippen molar-refractivity contribution in [2.75, 3.05) is 6.54 Å². The maximum atomic E-state index is 12.6. The van der Waals surface area contributed by atoms with Gasteiger partial charge in [0.25, 0.3) is 5.91 Å². The van der Waals surface area contributed by atoms with Gasteiger partial charge in [-0.3, -0.25) is 4.79 Å². The average molecular weight is 328 g/mol. The Bertz CT molecular complexity index is 715. The number of nitrogens with one attached hydrogen (secondary N) is 1. The van der Waals surface area contributed by atoms with Gasteiger partial charge in [0.1, 0.15) is 5.76 Å². The van der Waals surface area contributed by atoms with Crippen molar-refractivity contribution >= 4 is 5.91 Å². The molecule has 24 heavy (non-hydrogen) atoms. The first-order valence-electron chi connectivity index (χ1n) is 8.45. The summed E-state index contributed by atoms with van der Waals surface area (Å²) in [6.45, 7) is 5.75. The number of carbonyl (C=O) groups excluding carboxylic acids is 1. The van der Waals surface area contributed by atoms with Crippen molar-refractivity contribution in [3.63, 3.8) is 0 Å². The van der Waals surface area contributed by atoms with E-state index in [0.717, 1.165) is 18.4 Å². The largest absolute Gasteiger partial charge is 0.440 e. The summed E-state index contributed by atoms with van der Waals surface area (Å²) in [5.41, 5.74) is 0.241. The summed E-state index contributed by atoms with van der Waals surface area (Å²) >= 11 is 0. The van der Waals surface area contributed by atoms with E-state index < -0.39 is 5.60 Å². The molecule has 2 N–H and O–H groups in total. The van der Waals surface area contributed by atoms with Gasteiger partial charge >= 0.3 is 0 Å². The first kappa shape index (κ1) is 16.7. The third-order valence-corrected chi connectivity index (χ3v) is 4.69. The lowest BCUT2D eigenvalue weighted by molar-refractivity contribution is 0.0141. The number of amides is 1. The van der Waals surface area contributed by atoms with E-state index in [-0.39, 0.29) is 24.3 Å². The highest BCUT2D eigenvalue weighted by Gasteiger charge is 2.35. The summed E-state index contributed by atoms with van der Waals surface area (Å²) in [4.78, 5) is 17.0. The summed E-state index contributed by atoms with van der Waals surface area (Å²) < 4.78 is 5.89. The second-order valence-electron chi connectivity index (χ2n) is 7.07. The number of hydrogen-bond donors (Lipinski definition) is 2. The van der Waals surface area contributed by atoms with Gasteiger partial charge in [-0.2, -0.15) is 0 Å². The number of rotatable bonds is 6. The first-order chi connectivity index (χ1) is 11.4. The van der Waals surface area contributed by atoms with E-state index in [1.54, 1.807) is 6.92 Å². The Morgan fingerprint density at radius 3 is 2.62 bits per heavy atom. The number of aliphatic hydroxyl groups is 1. The van der Waals surface area contributed by atoms with Crippen LogP contribution in [0.15, 0.2) is 34.7 Å². The van der Waals surface area contributed by atoms with Crippen LogP contribution >= 0.6 is 0 Å². The summed E-state index contributed by atoms with van der Waals surface area (Å²) in [6.07, 6.45) is 2.04. The lowest BCUT2D eigenvalue weighted by Crippen LogP contribution is -2.44. The van der Waals surface area contributed by atoms with Crippen LogP contribution in [0.2, 0.25) is 0 Å². The standard InChI is InChI=1S/C19H24N2O3/c1-12(2)19(3,23)11-20-17(22)15-16(13-9-10-13)24-18(21-15)14-7-5-4-6-8-14/h4-8,12-13,23H,9-11H2,1-3H3,(H,20,22). The van der Waals surface area contributed by atoms with E-state index in [0.29, 0.717) is 17.3 Å². The molecule has 1 aliphatic rings. The van der Waals surface area contributed by atoms with Gasteiger partial charge in [0, 0.05) is 18.0 Å². The van der Waals surface area contributed by atoms with Gasteiger partial charge < -0.3 is 14.8 Å².